The van der Waals surface area contributed by atoms with Gasteiger partial charge in [-0.15, -0.1) is 0 Å². The lowest BCUT2D eigenvalue weighted by molar-refractivity contribution is -0.139. The minimum absolute atomic E-state index is 0.0325. The van der Waals surface area contributed by atoms with Crippen molar-refractivity contribution >= 4 is 11.9 Å². The molecule has 1 saturated carbocycles. The van der Waals surface area contributed by atoms with Crippen molar-refractivity contribution in [3.05, 3.63) is 23.8 Å². The van der Waals surface area contributed by atoms with E-state index in [0.717, 1.165) is 19.4 Å². The maximum absolute atomic E-state index is 13.1. The van der Waals surface area contributed by atoms with Crippen molar-refractivity contribution < 1.29 is 24.2 Å². The Morgan fingerprint density at radius 3 is 2.58 bits per heavy atom. The molecule has 1 heterocycles. The van der Waals surface area contributed by atoms with Crippen LogP contribution in [0.15, 0.2) is 18.2 Å². The van der Waals surface area contributed by atoms with E-state index in [0.29, 0.717) is 35.6 Å². The molecule has 26 heavy (non-hydrogen) atoms. The highest BCUT2D eigenvalue weighted by atomic mass is 16.5. The van der Waals surface area contributed by atoms with E-state index in [1.165, 1.54) is 25.7 Å². The second-order valence-electron chi connectivity index (χ2n) is 7.03. The average molecular weight is 361 g/mol. The molecule has 1 saturated heterocycles. The normalized spacial score (nSPS) is 20.3. The lowest BCUT2D eigenvalue weighted by Crippen LogP contribution is -2.39. The number of carbonyl (C=O) groups excluding carboxylic acids is 1. The number of carboxylic acids is 1. The summed E-state index contributed by atoms with van der Waals surface area (Å²) in [5.74, 6) is 0.371. The second-order valence-corrected chi connectivity index (χ2v) is 7.03. The van der Waals surface area contributed by atoms with Gasteiger partial charge < -0.3 is 19.5 Å². The van der Waals surface area contributed by atoms with E-state index in [9.17, 15) is 9.59 Å². The maximum Gasteiger partial charge on any atom is 0.341 e. The highest BCUT2D eigenvalue weighted by molar-refractivity contribution is 5.95. The molecule has 142 valence electrons. The van der Waals surface area contributed by atoms with Crippen LogP contribution in [0.3, 0.4) is 0 Å². The zero-order chi connectivity index (χ0) is 18.5. The molecule has 1 atom stereocenters. The highest BCUT2D eigenvalue weighted by Gasteiger charge is 2.36. The van der Waals surface area contributed by atoms with Gasteiger partial charge in [0.15, 0.2) is 18.1 Å². The molecule has 6 nitrogen and oxygen atoms in total. The van der Waals surface area contributed by atoms with E-state index in [1.807, 2.05) is 11.8 Å². The summed E-state index contributed by atoms with van der Waals surface area (Å²) in [5.41, 5.74) is 0.570. The summed E-state index contributed by atoms with van der Waals surface area (Å²) in [6, 6.07) is 5.35. The molecular formula is C20H27NO5. The van der Waals surface area contributed by atoms with Crippen LogP contribution in [0.2, 0.25) is 0 Å². The quantitative estimate of drug-likeness (QED) is 0.806. The number of nitrogens with zero attached hydrogens (tertiary/aromatic N) is 1. The monoisotopic (exact) mass is 361 g/mol. The largest absolute Gasteiger partial charge is 0.490 e. The molecule has 0 radical (unpaired) electrons. The molecule has 1 amide bonds. The topological polar surface area (TPSA) is 76.1 Å². The molecule has 1 aromatic carbocycles. The molecule has 1 aliphatic heterocycles. The number of benzene rings is 1. The van der Waals surface area contributed by atoms with Gasteiger partial charge in [-0.05, 0) is 56.7 Å². The summed E-state index contributed by atoms with van der Waals surface area (Å²) in [7, 11) is 0. The summed E-state index contributed by atoms with van der Waals surface area (Å²) >= 11 is 0. The Kier molecular flexibility index (Phi) is 6.01. The fourth-order valence-electron chi connectivity index (χ4n) is 4.21. The number of aliphatic carboxylic acids is 1. The van der Waals surface area contributed by atoms with E-state index in [4.69, 9.17) is 14.6 Å². The molecule has 0 bridgehead atoms. The SMILES string of the molecule is CCOc1cc(C(=O)N2CCCC2C2CCCC2)ccc1OCC(=O)O. The summed E-state index contributed by atoms with van der Waals surface area (Å²) in [5, 5.41) is 8.79. The van der Waals surface area contributed by atoms with E-state index < -0.39 is 12.6 Å². The van der Waals surface area contributed by atoms with Gasteiger partial charge in [0.2, 0.25) is 0 Å². The van der Waals surface area contributed by atoms with Crippen LogP contribution in [0.1, 0.15) is 55.8 Å². The van der Waals surface area contributed by atoms with Crippen LogP contribution in [-0.4, -0.2) is 47.7 Å². The smallest absolute Gasteiger partial charge is 0.341 e. The summed E-state index contributed by atoms with van der Waals surface area (Å²) < 4.78 is 10.8. The van der Waals surface area contributed by atoms with E-state index in [1.54, 1.807) is 18.2 Å². The van der Waals surface area contributed by atoms with Crippen molar-refractivity contribution in [1.82, 2.24) is 4.90 Å². The molecule has 3 rings (SSSR count). The number of hydrogen-bond acceptors (Lipinski definition) is 4. The molecule has 6 heteroatoms. The minimum atomic E-state index is -1.05. The van der Waals surface area contributed by atoms with Crippen molar-refractivity contribution in [2.45, 2.75) is 51.5 Å². The molecule has 0 spiro atoms. The Morgan fingerprint density at radius 1 is 1.12 bits per heavy atom. The number of amides is 1. The second kappa shape index (κ2) is 8.43. The number of likely N-dealkylation sites (tertiary alicyclic amines) is 1. The van der Waals surface area contributed by atoms with Gasteiger partial charge in [0.1, 0.15) is 0 Å². The van der Waals surface area contributed by atoms with Gasteiger partial charge in [-0.1, -0.05) is 12.8 Å². The number of ether oxygens (including phenoxy) is 2. The summed E-state index contributed by atoms with van der Waals surface area (Å²) in [6.07, 6.45) is 7.14. The van der Waals surface area contributed by atoms with Crippen molar-refractivity contribution in [2.75, 3.05) is 19.8 Å². The zero-order valence-corrected chi connectivity index (χ0v) is 15.3. The zero-order valence-electron chi connectivity index (χ0n) is 15.3. The highest BCUT2D eigenvalue weighted by Crippen LogP contribution is 2.37. The van der Waals surface area contributed by atoms with Gasteiger partial charge in [0.05, 0.1) is 6.61 Å². The van der Waals surface area contributed by atoms with Crippen LogP contribution in [0, 0.1) is 5.92 Å². The van der Waals surface area contributed by atoms with E-state index >= 15 is 0 Å². The van der Waals surface area contributed by atoms with Crippen LogP contribution >= 0.6 is 0 Å². The van der Waals surface area contributed by atoms with E-state index in [-0.39, 0.29) is 5.91 Å². The Bertz CT molecular complexity index is 654. The van der Waals surface area contributed by atoms with Gasteiger partial charge in [0, 0.05) is 18.2 Å². The molecule has 1 N–H and O–H groups in total. The van der Waals surface area contributed by atoms with Crippen LogP contribution in [-0.2, 0) is 4.79 Å². The Labute approximate surface area is 154 Å². The molecule has 1 aliphatic carbocycles. The maximum atomic E-state index is 13.1. The summed E-state index contributed by atoms with van der Waals surface area (Å²) in [6.45, 7) is 2.62. The first-order chi connectivity index (χ1) is 12.6. The minimum Gasteiger partial charge on any atom is -0.490 e. The van der Waals surface area contributed by atoms with Crippen LogP contribution < -0.4 is 9.47 Å². The van der Waals surface area contributed by atoms with Crippen LogP contribution in [0.4, 0.5) is 0 Å². The van der Waals surface area contributed by atoms with Gasteiger partial charge >= 0.3 is 5.97 Å². The Morgan fingerprint density at radius 2 is 1.88 bits per heavy atom. The molecule has 0 aromatic heterocycles. The van der Waals surface area contributed by atoms with Gasteiger partial charge in [-0.3, -0.25) is 4.79 Å². The van der Waals surface area contributed by atoms with Gasteiger partial charge in [-0.2, -0.15) is 0 Å². The van der Waals surface area contributed by atoms with Crippen molar-refractivity contribution in [3.63, 3.8) is 0 Å². The average Bonchev–Trinajstić information content (AvgIpc) is 3.31. The predicted octanol–water partition coefficient (Wildman–Crippen LogP) is 3.34. The van der Waals surface area contributed by atoms with Gasteiger partial charge in [-0.25, -0.2) is 4.79 Å². The fourth-order valence-corrected chi connectivity index (χ4v) is 4.21. The lowest BCUT2D eigenvalue weighted by atomic mass is 9.95. The Balaban J connectivity index is 1.77. The van der Waals surface area contributed by atoms with Crippen LogP contribution in [0.25, 0.3) is 0 Å². The third-order valence-electron chi connectivity index (χ3n) is 5.35. The molecule has 1 aromatic rings. The lowest BCUT2D eigenvalue weighted by Gasteiger charge is -2.29. The molecule has 2 fully saturated rings. The Hall–Kier alpha value is -2.24. The molecular weight excluding hydrogens is 334 g/mol. The molecule has 1 unspecified atom stereocenters. The predicted molar refractivity (Wildman–Crippen MR) is 96.8 cm³/mol. The first kappa shape index (κ1) is 18.5. The first-order valence-corrected chi connectivity index (χ1v) is 9.52. The standard InChI is InChI=1S/C20H27NO5/c1-2-25-18-12-15(9-10-17(18)26-13-19(22)23)20(24)21-11-5-8-16(21)14-6-3-4-7-14/h9-10,12,14,16H,2-8,11,13H2,1H3,(H,22,23). The number of carbonyl (C=O) groups is 2. The first-order valence-electron chi connectivity index (χ1n) is 9.52. The van der Waals surface area contributed by atoms with Crippen LogP contribution in [0.5, 0.6) is 11.5 Å². The summed E-state index contributed by atoms with van der Waals surface area (Å²) in [4.78, 5) is 25.8. The molecule has 2 aliphatic rings. The number of rotatable bonds is 7. The fraction of sp³-hybridized carbons (Fsp3) is 0.600. The third kappa shape index (κ3) is 4.11. The number of hydrogen-bond donors (Lipinski definition) is 1. The van der Waals surface area contributed by atoms with E-state index in [2.05, 4.69) is 0 Å². The van der Waals surface area contributed by atoms with Crippen molar-refractivity contribution in [3.8, 4) is 11.5 Å². The van der Waals surface area contributed by atoms with Gasteiger partial charge in [0.25, 0.3) is 5.91 Å². The third-order valence-corrected chi connectivity index (χ3v) is 5.35. The van der Waals surface area contributed by atoms with Crippen molar-refractivity contribution in [1.29, 1.82) is 0 Å². The van der Waals surface area contributed by atoms with Crippen molar-refractivity contribution in [2.24, 2.45) is 5.92 Å². The number of carboxylic acid groups (broad SMARTS) is 1.